The molecule has 4 N–H and O–H groups in total. The fourth-order valence-electron chi connectivity index (χ4n) is 4.61. The van der Waals surface area contributed by atoms with Gasteiger partial charge in [-0.2, -0.15) is 0 Å². The lowest BCUT2D eigenvalue weighted by Crippen LogP contribution is -2.45. The molecule has 3 aliphatic heterocycles. The zero-order valence-electron chi connectivity index (χ0n) is 24.0. The highest BCUT2D eigenvalue weighted by Crippen LogP contribution is 2.24. The number of nitrogens with zero attached hydrogens (tertiary/aromatic N) is 2. The molecule has 2 unspecified atom stereocenters. The fourth-order valence-corrected chi connectivity index (χ4v) is 4.61. The number of fused-ring (bicyclic) bond motifs is 1. The molecule has 3 aromatic carbocycles. The lowest BCUT2D eigenvalue weighted by atomic mass is 10.1. The molecule has 0 spiro atoms. The van der Waals surface area contributed by atoms with E-state index in [2.05, 4.69) is 10.2 Å². The number of rotatable bonds is 9. The van der Waals surface area contributed by atoms with Crippen LogP contribution in [0.3, 0.4) is 0 Å². The van der Waals surface area contributed by atoms with Gasteiger partial charge in [0.15, 0.2) is 0 Å². The highest BCUT2D eigenvalue weighted by atomic mass is 19.1. The molecular formula is C32H38F2N4O5. The van der Waals surface area contributed by atoms with Crippen LogP contribution in [0.4, 0.5) is 8.78 Å². The zero-order chi connectivity index (χ0) is 30.6. The normalized spacial score (nSPS) is 19.2. The molecule has 0 bridgehead atoms. The minimum absolute atomic E-state index is 0.0483. The van der Waals surface area contributed by atoms with Crippen LogP contribution in [0.15, 0.2) is 72.8 Å². The molecule has 6 rings (SSSR count). The first-order valence-electron chi connectivity index (χ1n) is 14.3. The monoisotopic (exact) mass is 596 g/mol. The summed E-state index contributed by atoms with van der Waals surface area (Å²) in [6, 6.07) is 19.8. The predicted molar refractivity (Wildman–Crippen MR) is 157 cm³/mol. The topological polar surface area (TPSA) is 121 Å². The number of nitrogens with two attached hydrogens (primary N) is 1. The lowest BCUT2D eigenvalue weighted by Gasteiger charge is -2.32. The Balaban J connectivity index is 0.000000149. The number of imide groups is 1. The molecule has 11 heteroatoms. The Hall–Kier alpha value is -3.58. The Morgan fingerprint density at radius 3 is 1.98 bits per heavy atom. The number of nitrogens with one attached hydrogen (secondary N) is 1. The van der Waals surface area contributed by atoms with E-state index in [4.69, 9.17) is 20.3 Å². The third kappa shape index (κ3) is 9.99. The number of amides is 2. The van der Waals surface area contributed by atoms with E-state index in [1.165, 1.54) is 29.2 Å². The van der Waals surface area contributed by atoms with Crippen LogP contribution in [0.1, 0.15) is 31.8 Å². The van der Waals surface area contributed by atoms with Gasteiger partial charge in [0.25, 0.3) is 11.8 Å². The predicted octanol–water partition coefficient (Wildman–Crippen LogP) is 2.57. The summed E-state index contributed by atoms with van der Waals surface area (Å²) in [6.45, 7) is 6.27. The summed E-state index contributed by atoms with van der Waals surface area (Å²) in [7, 11) is 0. The summed E-state index contributed by atoms with van der Waals surface area (Å²) in [6.07, 6.45) is 0.182. The van der Waals surface area contributed by atoms with Crippen LogP contribution in [0.25, 0.3) is 0 Å². The van der Waals surface area contributed by atoms with Gasteiger partial charge in [-0.1, -0.05) is 36.4 Å². The largest absolute Gasteiger partial charge is 0.395 e. The van der Waals surface area contributed by atoms with Crippen molar-refractivity contribution in [1.82, 2.24) is 15.1 Å². The van der Waals surface area contributed by atoms with Gasteiger partial charge in [-0.25, -0.2) is 8.78 Å². The summed E-state index contributed by atoms with van der Waals surface area (Å²) in [5.74, 6) is -0.816. The Kier molecular flexibility index (Phi) is 12.3. The van der Waals surface area contributed by atoms with Crippen LogP contribution in [-0.2, 0) is 22.6 Å². The zero-order valence-corrected chi connectivity index (χ0v) is 24.0. The van der Waals surface area contributed by atoms with Crippen molar-refractivity contribution in [3.63, 3.8) is 0 Å². The van der Waals surface area contributed by atoms with Crippen molar-refractivity contribution >= 4 is 11.8 Å². The number of ether oxygens (including phenoxy) is 2. The second kappa shape index (κ2) is 16.3. The number of halogens is 2. The highest BCUT2D eigenvalue weighted by Gasteiger charge is 2.39. The number of carbonyl (C=O) groups is 2. The van der Waals surface area contributed by atoms with E-state index in [1.807, 2.05) is 12.1 Å². The van der Waals surface area contributed by atoms with E-state index in [-0.39, 0.29) is 42.3 Å². The fraction of sp³-hybridized carbons (Fsp3) is 0.375. The number of aliphatic hydroxyl groups is 1. The van der Waals surface area contributed by atoms with Crippen molar-refractivity contribution in [2.75, 3.05) is 52.5 Å². The van der Waals surface area contributed by atoms with Gasteiger partial charge < -0.3 is 25.6 Å². The third-order valence-corrected chi connectivity index (χ3v) is 7.00. The van der Waals surface area contributed by atoms with Crippen molar-refractivity contribution < 1.29 is 33.0 Å². The summed E-state index contributed by atoms with van der Waals surface area (Å²) < 4.78 is 35.7. The van der Waals surface area contributed by atoms with E-state index in [0.717, 1.165) is 37.4 Å². The minimum Gasteiger partial charge on any atom is -0.395 e. The average Bonchev–Trinajstić information content (AvgIpc) is 3.83. The Labute approximate surface area is 250 Å². The maximum Gasteiger partial charge on any atom is 0.261 e. The van der Waals surface area contributed by atoms with Crippen LogP contribution in [0.5, 0.6) is 0 Å². The summed E-state index contributed by atoms with van der Waals surface area (Å²) in [5.41, 5.74) is 8.73. The van der Waals surface area contributed by atoms with Gasteiger partial charge in [0.1, 0.15) is 11.6 Å². The van der Waals surface area contributed by atoms with E-state index in [0.29, 0.717) is 43.9 Å². The van der Waals surface area contributed by atoms with E-state index < -0.39 is 0 Å². The first kappa shape index (κ1) is 32.3. The number of benzene rings is 3. The standard InChI is InChI=1S/C12H17FN2O.C11H9NO3.C9H12FNO/c13-11-3-1-10(2-4-11)8-15-5-6-16-12(7-14)9-15;13-10-8-3-1-2-4-9(8)11(14)12(10)5-7-6-15-7;10-9-3-1-8(2-4-9)7-11-5-6-12/h1-4,12H,5-9,14H2;1-4,7H,5-6H2;1-4,11-12H,5-7H2. The van der Waals surface area contributed by atoms with Crippen molar-refractivity contribution in [2.24, 2.45) is 5.73 Å². The van der Waals surface area contributed by atoms with Crippen LogP contribution < -0.4 is 11.1 Å². The van der Waals surface area contributed by atoms with Gasteiger partial charge in [0, 0.05) is 39.3 Å². The third-order valence-electron chi connectivity index (χ3n) is 7.00. The van der Waals surface area contributed by atoms with Crippen molar-refractivity contribution in [3.8, 4) is 0 Å². The lowest BCUT2D eigenvalue weighted by molar-refractivity contribution is -0.0260. The molecule has 9 nitrogen and oxygen atoms in total. The van der Waals surface area contributed by atoms with Gasteiger partial charge in [-0.05, 0) is 47.5 Å². The first-order valence-corrected chi connectivity index (χ1v) is 14.3. The quantitative estimate of drug-likeness (QED) is 0.196. The van der Waals surface area contributed by atoms with Gasteiger partial charge in [-0.3, -0.25) is 19.4 Å². The van der Waals surface area contributed by atoms with E-state index >= 15 is 0 Å². The number of carbonyl (C=O) groups excluding carboxylic acids is 2. The van der Waals surface area contributed by atoms with Crippen molar-refractivity contribution in [1.29, 1.82) is 0 Å². The second-order valence-corrected chi connectivity index (χ2v) is 10.3. The van der Waals surface area contributed by atoms with Gasteiger partial charge in [0.2, 0.25) is 0 Å². The number of hydrogen-bond donors (Lipinski definition) is 3. The van der Waals surface area contributed by atoms with Crippen LogP contribution in [-0.4, -0.2) is 91.5 Å². The molecule has 2 saturated heterocycles. The molecule has 0 aliphatic carbocycles. The SMILES string of the molecule is NCC1CN(Cc2ccc(F)cc2)CCO1.O=C1c2ccccc2C(=O)N1CC1CO1.OCCNCc1ccc(F)cc1. The molecule has 2 fully saturated rings. The van der Waals surface area contributed by atoms with Crippen molar-refractivity contribution in [2.45, 2.75) is 25.3 Å². The smallest absolute Gasteiger partial charge is 0.261 e. The molecule has 3 aromatic rings. The van der Waals surface area contributed by atoms with Crippen LogP contribution in [0.2, 0.25) is 0 Å². The van der Waals surface area contributed by atoms with Gasteiger partial charge in [-0.15, -0.1) is 0 Å². The Morgan fingerprint density at radius 2 is 1.44 bits per heavy atom. The molecule has 2 amide bonds. The van der Waals surface area contributed by atoms with Crippen molar-refractivity contribution in [3.05, 3.63) is 107 Å². The van der Waals surface area contributed by atoms with Gasteiger partial charge in [0.05, 0.1) is 49.7 Å². The molecule has 2 atom stereocenters. The molecule has 3 heterocycles. The molecule has 0 aromatic heterocycles. The summed E-state index contributed by atoms with van der Waals surface area (Å²) in [5, 5.41) is 11.5. The number of epoxide rings is 1. The number of morpholine rings is 1. The summed E-state index contributed by atoms with van der Waals surface area (Å²) >= 11 is 0. The Morgan fingerprint density at radius 1 is 0.860 bits per heavy atom. The van der Waals surface area contributed by atoms with E-state index in [9.17, 15) is 18.4 Å². The maximum atomic E-state index is 12.7. The highest BCUT2D eigenvalue weighted by molar-refractivity contribution is 6.21. The molecule has 230 valence electrons. The second-order valence-electron chi connectivity index (χ2n) is 10.3. The first-order chi connectivity index (χ1) is 20.9. The molecule has 3 aliphatic rings. The maximum absolute atomic E-state index is 12.7. The van der Waals surface area contributed by atoms with Gasteiger partial charge >= 0.3 is 0 Å². The number of hydrogen-bond acceptors (Lipinski definition) is 8. The van der Waals surface area contributed by atoms with Crippen LogP contribution in [0, 0.1) is 11.6 Å². The minimum atomic E-state index is -0.221. The Bertz CT molecular complexity index is 1290. The number of aliphatic hydroxyl groups excluding tert-OH is 1. The van der Waals surface area contributed by atoms with Crippen LogP contribution >= 0.6 is 0 Å². The van der Waals surface area contributed by atoms with E-state index in [1.54, 1.807) is 36.4 Å². The molecule has 0 saturated carbocycles. The molecule has 43 heavy (non-hydrogen) atoms. The summed E-state index contributed by atoms with van der Waals surface area (Å²) in [4.78, 5) is 27.2. The molecular weight excluding hydrogens is 558 g/mol. The molecule has 0 radical (unpaired) electrons. The average molecular weight is 597 g/mol.